The first-order valence-electron chi connectivity index (χ1n) is 7.40. The van der Waals surface area contributed by atoms with Gasteiger partial charge in [0.25, 0.3) is 5.91 Å². The van der Waals surface area contributed by atoms with Crippen LogP contribution in [0.3, 0.4) is 0 Å². The minimum Gasteiger partial charge on any atom is -0.497 e. The first kappa shape index (κ1) is 15.6. The molecule has 2 N–H and O–H groups in total. The molecule has 21 heavy (non-hydrogen) atoms. The predicted molar refractivity (Wildman–Crippen MR) is 81.4 cm³/mol. The highest BCUT2D eigenvalue weighted by molar-refractivity contribution is 5.78. The van der Waals surface area contributed by atoms with Crippen LogP contribution < -0.4 is 15.2 Å². The monoisotopic (exact) mass is 292 g/mol. The molecule has 0 radical (unpaired) electrons. The first-order chi connectivity index (χ1) is 10.1. The van der Waals surface area contributed by atoms with Gasteiger partial charge in [-0.15, -0.1) is 0 Å². The van der Waals surface area contributed by atoms with E-state index < -0.39 is 0 Å². The zero-order chi connectivity index (χ0) is 15.2. The van der Waals surface area contributed by atoms with Gasteiger partial charge in [-0.3, -0.25) is 4.79 Å². The summed E-state index contributed by atoms with van der Waals surface area (Å²) in [6.45, 7) is 3.54. The van der Waals surface area contributed by atoms with Gasteiger partial charge in [0, 0.05) is 19.1 Å². The number of piperidine rings is 1. The van der Waals surface area contributed by atoms with Crippen molar-refractivity contribution in [2.45, 2.75) is 25.8 Å². The molecule has 2 rings (SSSR count). The summed E-state index contributed by atoms with van der Waals surface area (Å²) < 4.78 is 10.6. The number of methoxy groups -OCH3 is 1. The largest absolute Gasteiger partial charge is 0.497 e. The standard InChI is InChI=1S/C16H24N2O3/c1-12-7-8-18(13(9-12)10-17)16(19)11-21-15-5-3-14(20-2)4-6-15/h3-6,12-13H,7-11,17H2,1-2H3. The number of hydrogen-bond donors (Lipinski definition) is 1. The van der Waals surface area contributed by atoms with Crippen LogP contribution in [0.25, 0.3) is 0 Å². The van der Waals surface area contributed by atoms with Gasteiger partial charge in [-0.25, -0.2) is 0 Å². The SMILES string of the molecule is COc1ccc(OCC(=O)N2CCC(C)CC2CN)cc1. The second-order valence-corrected chi connectivity index (χ2v) is 5.57. The maximum Gasteiger partial charge on any atom is 0.260 e. The molecule has 0 bridgehead atoms. The molecule has 0 aromatic heterocycles. The minimum absolute atomic E-state index is 0.00756. The smallest absolute Gasteiger partial charge is 0.260 e. The summed E-state index contributed by atoms with van der Waals surface area (Å²) in [7, 11) is 1.61. The third kappa shape index (κ3) is 4.11. The van der Waals surface area contributed by atoms with E-state index in [1.807, 2.05) is 17.0 Å². The molecule has 1 aromatic rings. The van der Waals surface area contributed by atoms with Crippen LogP contribution in [0.4, 0.5) is 0 Å². The number of nitrogens with zero attached hydrogens (tertiary/aromatic N) is 1. The summed E-state index contributed by atoms with van der Waals surface area (Å²) in [5.74, 6) is 2.07. The Hall–Kier alpha value is -1.75. The van der Waals surface area contributed by atoms with E-state index >= 15 is 0 Å². The second-order valence-electron chi connectivity index (χ2n) is 5.57. The average Bonchev–Trinajstić information content (AvgIpc) is 2.52. The molecule has 116 valence electrons. The lowest BCUT2D eigenvalue weighted by Crippen LogP contribution is -2.50. The van der Waals surface area contributed by atoms with E-state index in [0.29, 0.717) is 18.2 Å². The van der Waals surface area contributed by atoms with Crippen molar-refractivity contribution >= 4 is 5.91 Å². The van der Waals surface area contributed by atoms with Crippen LogP contribution >= 0.6 is 0 Å². The van der Waals surface area contributed by atoms with Crippen molar-refractivity contribution in [1.29, 1.82) is 0 Å². The fourth-order valence-corrected chi connectivity index (χ4v) is 2.70. The molecular weight excluding hydrogens is 268 g/mol. The Morgan fingerprint density at radius 1 is 1.33 bits per heavy atom. The van der Waals surface area contributed by atoms with E-state index in [1.54, 1.807) is 19.2 Å². The van der Waals surface area contributed by atoms with E-state index in [9.17, 15) is 4.79 Å². The van der Waals surface area contributed by atoms with Gasteiger partial charge in [-0.2, -0.15) is 0 Å². The third-order valence-electron chi connectivity index (χ3n) is 3.99. The van der Waals surface area contributed by atoms with Crippen molar-refractivity contribution in [3.05, 3.63) is 24.3 Å². The van der Waals surface area contributed by atoms with Gasteiger partial charge in [0.2, 0.25) is 0 Å². The highest BCUT2D eigenvalue weighted by Crippen LogP contribution is 2.22. The van der Waals surface area contributed by atoms with E-state index in [4.69, 9.17) is 15.2 Å². The fourth-order valence-electron chi connectivity index (χ4n) is 2.70. The molecule has 5 heteroatoms. The molecule has 1 saturated heterocycles. The predicted octanol–water partition coefficient (Wildman–Crippen LogP) is 1.66. The highest BCUT2D eigenvalue weighted by atomic mass is 16.5. The zero-order valence-electron chi connectivity index (χ0n) is 12.7. The highest BCUT2D eigenvalue weighted by Gasteiger charge is 2.28. The van der Waals surface area contributed by atoms with Crippen molar-refractivity contribution in [2.75, 3.05) is 26.8 Å². The summed E-state index contributed by atoms with van der Waals surface area (Å²) in [4.78, 5) is 14.2. The molecule has 1 amide bonds. The van der Waals surface area contributed by atoms with Crippen LogP contribution in [0.15, 0.2) is 24.3 Å². The maximum atomic E-state index is 12.3. The normalized spacial score (nSPS) is 22.0. The van der Waals surface area contributed by atoms with Gasteiger partial charge in [0.05, 0.1) is 7.11 Å². The number of carbonyl (C=O) groups is 1. The van der Waals surface area contributed by atoms with Gasteiger partial charge in [0.1, 0.15) is 11.5 Å². The zero-order valence-corrected chi connectivity index (χ0v) is 12.7. The summed E-state index contributed by atoms with van der Waals surface area (Å²) in [5, 5.41) is 0. The fraction of sp³-hybridized carbons (Fsp3) is 0.562. The molecule has 0 aliphatic carbocycles. The van der Waals surface area contributed by atoms with Gasteiger partial charge < -0.3 is 20.1 Å². The summed E-state index contributed by atoms with van der Waals surface area (Å²) in [6.07, 6.45) is 2.01. The number of ether oxygens (including phenoxy) is 2. The first-order valence-corrected chi connectivity index (χ1v) is 7.40. The molecule has 2 unspecified atom stereocenters. The Labute approximate surface area is 126 Å². The summed E-state index contributed by atoms with van der Waals surface area (Å²) >= 11 is 0. The van der Waals surface area contributed by atoms with E-state index in [2.05, 4.69) is 6.92 Å². The number of carbonyl (C=O) groups excluding carboxylic acids is 1. The van der Waals surface area contributed by atoms with Gasteiger partial charge in [-0.05, 0) is 43.0 Å². The molecular formula is C16H24N2O3. The third-order valence-corrected chi connectivity index (χ3v) is 3.99. The van der Waals surface area contributed by atoms with Crippen molar-refractivity contribution in [3.8, 4) is 11.5 Å². The lowest BCUT2D eigenvalue weighted by Gasteiger charge is -2.37. The molecule has 1 aromatic carbocycles. The molecule has 1 heterocycles. The van der Waals surface area contributed by atoms with Crippen LogP contribution in [0.2, 0.25) is 0 Å². The molecule has 5 nitrogen and oxygen atoms in total. The molecule has 0 saturated carbocycles. The van der Waals surface area contributed by atoms with Crippen LogP contribution in [-0.2, 0) is 4.79 Å². The lowest BCUT2D eigenvalue weighted by atomic mass is 9.92. The maximum absolute atomic E-state index is 12.3. The van der Waals surface area contributed by atoms with E-state index in [-0.39, 0.29) is 18.6 Å². The number of hydrogen-bond acceptors (Lipinski definition) is 4. The van der Waals surface area contributed by atoms with Crippen molar-refractivity contribution in [1.82, 2.24) is 4.90 Å². The van der Waals surface area contributed by atoms with Gasteiger partial charge in [0.15, 0.2) is 6.61 Å². The topological polar surface area (TPSA) is 64.8 Å². The van der Waals surface area contributed by atoms with Crippen molar-refractivity contribution < 1.29 is 14.3 Å². The summed E-state index contributed by atoms with van der Waals surface area (Å²) in [6, 6.07) is 7.35. The molecule has 1 aliphatic rings. The van der Waals surface area contributed by atoms with Crippen LogP contribution in [-0.4, -0.2) is 43.7 Å². The lowest BCUT2D eigenvalue weighted by molar-refractivity contribution is -0.137. The Morgan fingerprint density at radius 2 is 2.00 bits per heavy atom. The Bertz CT molecular complexity index is 461. The number of benzene rings is 1. The summed E-state index contributed by atoms with van der Waals surface area (Å²) in [5.41, 5.74) is 5.78. The molecule has 1 fully saturated rings. The Morgan fingerprint density at radius 3 is 2.62 bits per heavy atom. The number of likely N-dealkylation sites (tertiary alicyclic amines) is 1. The quantitative estimate of drug-likeness (QED) is 0.896. The molecule has 2 atom stereocenters. The molecule has 1 aliphatic heterocycles. The molecule has 0 spiro atoms. The number of amides is 1. The minimum atomic E-state index is 0.00756. The van der Waals surface area contributed by atoms with Gasteiger partial charge >= 0.3 is 0 Å². The Kier molecular flexibility index (Phi) is 5.44. The average molecular weight is 292 g/mol. The van der Waals surface area contributed by atoms with E-state index in [0.717, 1.165) is 25.1 Å². The number of nitrogens with two attached hydrogens (primary N) is 1. The van der Waals surface area contributed by atoms with Crippen molar-refractivity contribution in [2.24, 2.45) is 11.7 Å². The second kappa shape index (κ2) is 7.31. The Balaban J connectivity index is 1.88. The van der Waals surface area contributed by atoms with Crippen LogP contribution in [0, 0.1) is 5.92 Å². The van der Waals surface area contributed by atoms with Crippen LogP contribution in [0.5, 0.6) is 11.5 Å². The number of rotatable bonds is 5. The van der Waals surface area contributed by atoms with E-state index in [1.165, 1.54) is 0 Å². The van der Waals surface area contributed by atoms with Crippen molar-refractivity contribution in [3.63, 3.8) is 0 Å². The van der Waals surface area contributed by atoms with Crippen LogP contribution in [0.1, 0.15) is 19.8 Å². The van der Waals surface area contributed by atoms with Gasteiger partial charge in [-0.1, -0.05) is 6.92 Å².